The maximum atomic E-state index is 12.8. The van der Waals surface area contributed by atoms with Crippen molar-refractivity contribution in [3.63, 3.8) is 0 Å². The van der Waals surface area contributed by atoms with E-state index in [0.29, 0.717) is 22.3 Å². The maximum absolute atomic E-state index is 12.8. The van der Waals surface area contributed by atoms with Crippen LogP contribution >= 0.6 is 68.4 Å². The first-order valence-corrected chi connectivity index (χ1v) is 12.2. The van der Waals surface area contributed by atoms with Crippen molar-refractivity contribution in [3.05, 3.63) is 94.7 Å². The first kappa shape index (κ1) is 23.3. The molecule has 32 heavy (non-hydrogen) atoms. The average Bonchev–Trinajstić information content (AvgIpc) is 3.02. The van der Waals surface area contributed by atoms with Gasteiger partial charge in [0.1, 0.15) is 18.1 Å². The summed E-state index contributed by atoms with van der Waals surface area (Å²) in [6, 6.07) is 17.3. The van der Waals surface area contributed by atoms with Gasteiger partial charge in [-0.15, -0.1) is 0 Å². The molecule has 1 fully saturated rings. The number of carbonyl (C=O) groups excluding carboxylic acids is 2. The smallest absolute Gasteiger partial charge is 0.333 e. The highest BCUT2D eigenvalue weighted by Gasteiger charge is 2.34. The molecule has 0 saturated carbocycles. The third kappa shape index (κ3) is 5.22. The van der Waals surface area contributed by atoms with Crippen molar-refractivity contribution >= 4 is 92.1 Å². The van der Waals surface area contributed by atoms with E-state index in [1.54, 1.807) is 30.3 Å². The van der Waals surface area contributed by atoms with Crippen molar-refractivity contribution in [2.24, 2.45) is 0 Å². The van der Waals surface area contributed by atoms with Gasteiger partial charge in [0.2, 0.25) is 0 Å². The zero-order chi connectivity index (χ0) is 22.8. The van der Waals surface area contributed by atoms with E-state index in [0.717, 1.165) is 28.9 Å². The summed E-state index contributed by atoms with van der Waals surface area (Å²) >= 11 is 16.2. The van der Waals surface area contributed by atoms with Crippen LogP contribution in [0.3, 0.4) is 0 Å². The number of imide groups is 1. The summed E-state index contributed by atoms with van der Waals surface area (Å²) in [6.45, 7) is 0.411. The molecular formula is C23H14Cl2I2N2O3. The Bertz CT molecular complexity index is 1210. The topological polar surface area (TPSA) is 58.6 Å². The van der Waals surface area contributed by atoms with E-state index in [-0.39, 0.29) is 5.70 Å². The van der Waals surface area contributed by atoms with E-state index in [2.05, 4.69) is 50.5 Å². The number of nitrogens with one attached hydrogen (secondary N) is 1. The number of anilines is 1. The molecule has 162 valence electrons. The fourth-order valence-corrected chi connectivity index (χ4v) is 5.44. The van der Waals surface area contributed by atoms with Crippen molar-refractivity contribution in [1.29, 1.82) is 0 Å². The van der Waals surface area contributed by atoms with Crippen LogP contribution in [0.5, 0.6) is 5.75 Å². The summed E-state index contributed by atoms with van der Waals surface area (Å²) in [4.78, 5) is 26.3. The van der Waals surface area contributed by atoms with E-state index >= 15 is 0 Å². The number of urea groups is 1. The van der Waals surface area contributed by atoms with Crippen molar-refractivity contribution in [1.82, 2.24) is 5.32 Å². The minimum Gasteiger partial charge on any atom is -0.487 e. The molecule has 9 heteroatoms. The summed E-state index contributed by atoms with van der Waals surface area (Å²) in [7, 11) is 0. The molecule has 1 saturated heterocycles. The van der Waals surface area contributed by atoms with Crippen LogP contribution in [0.1, 0.15) is 11.1 Å². The van der Waals surface area contributed by atoms with Crippen LogP contribution in [0.4, 0.5) is 10.5 Å². The minimum absolute atomic E-state index is 0.200. The van der Waals surface area contributed by atoms with Gasteiger partial charge >= 0.3 is 6.03 Å². The van der Waals surface area contributed by atoms with Gasteiger partial charge in [0, 0.05) is 10.0 Å². The molecule has 0 aliphatic carbocycles. The number of ether oxygens (including phenoxy) is 1. The molecule has 1 aliphatic rings. The lowest BCUT2D eigenvalue weighted by Crippen LogP contribution is -2.30. The van der Waals surface area contributed by atoms with E-state index in [1.165, 1.54) is 0 Å². The van der Waals surface area contributed by atoms with E-state index in [4.69, 9.17) is 27.9 Å². The highest BCUT2D eigenvalue weighted by atomic mass is 127. The summed E-state index contributed by atoms with van der Waals surface area (Å²) in [5.74, 6) is 0.332. The molecule has 0 unspecified atom stereocenters. The zero-order valence-corrected chi connectivity index (χ0v) is 22.1. The Balaban J connectivity index is 1.54. The number of rotatable bonds is 5. The standard InChI is InChI=1S/C23H14Cl2I2N2O3/c24-15-3-1-13(2-4-15)12-32-21-18(26)9-14(10-19(21)27)11-20-22(30)29(23(31)28-20)17-7-5-16(25)6-8-17/h1-11H,12H2,(H,28,31)/b20-11+. The van der Waals surface area contributed by atoms with Crippen LogP contribution in [-0.2, 0) is 11.4 Å². The second-order valence-electron chi connectivity index (χ2n) is 6.83. The quantitative estimate of drug-likeness (QED) is 0.181. The second-order valence-corrected chi connectivity index (χ2v) is 10.0. The molecule has 3 amide bonds. The van der Waals surface area contributed by atoms with Crippen molar-refractivity contribution in [2.75, 3.05) is 4.90 Å². The highest BCUT2D eigenvalue weighted by Crippen LogP contribution is 2.31. The fourth-order valence-electron chi connectivity index (χ4n) is 3.06. The minimum atomic E-state index is -0.504. The van der Waals surface area contributed by atoms with Gasteiger partial charge in [-0.2, -0.15) is 0 Å². The van der Waals surface area contributed by atoms with Gasteiger partial charge in [0.05, 0.1) is 12.8 Å². The second kappa shape index (κ2) is 9.98. The van der Waals surface area contributed by atoms with Crippen molar-refractivity contribution in [2.45, 2.75) is 6.61 Å². The Labute approximate surface area is 222 Å². The van der Waals surface area contributed by atoms with Gasteiger partial charge in [-0.25, -0.2) is 9.69 Å². The Morgan fingerprint density at radius 2 is 1.47 bits per heavy atom. The van der Waals surface area contributed by atoms with Crippen LogP contribution in [-0.4, -0.2) is 11.9 Å². The fraction of sp³-hybridized carbons (Fsp3) is 0.0435. The van der Waals surface area contributed by atoms with Crippen molar-refractivity contribution < 1.29 is 14.3 Å². The van der Waals surface area contributed by atoms with Crippen LogP contribution in [0.25, 0.3) is 6.08 Å². The predicted octanol–water partition coefficient (Wildman–Crippen LogP) is 6.88. The molecule has 1 heterocycles. The van der Waals surface area contributed by atoms with E-state index < -0.39 is 11.9 Å². The largest absolute Gasteiger partial charge is 0.487 e. The van der Waals surface area contributed by atoms with Crippen molar-refractivity contribution in [3.8, 4) is 5.75 Å². The first-order valence-electron chi connectivity index (χ1n) is 9.31. The maximum Gasteiger partial charge on any atom is 0.333 e. The Morgan fingerprint density at radius 3 is 2.06 bits per heavy atom. The lowest BCUT2D eigenvalue weighted by Gasteiger charge is -2.12. The summed E-state index contributed by atoms with van der Waals surface area (Å²) < 4.78 is 7.79. The summed E-state index contributed by atoms with van der Waals surface area (Å²) in [6.07, 6.45) is 1.66. The van der Waals surface area contributed by atoms with Gasteiger partial charge < -0.3 is 10.1 Å². The Kier molecular flexibility index (Phi) is 7.28. The van der Waals surface area contributed by atoms with Gasteiger partial charge in [0.15, 0.2) is 0 Å². The summed E-state index contributed by atoms with van der Waals surface area (Å²) in [5, 5.41) is 3.84. The van der Waals surface area contributed by atoms with Gasteiger partial charge in [-0.1, -0.05) is 35.3 Å². The number of hydrogen-bond donors (Lipinski definition) is 1. The highest BCUT2D eigenvalue weighted by molar-refractivity contribution is 14.1. The Hall–Kier alpha value is -1.82. The number of benzene rings is 3. The predicted molar refractivity (Wildman–Crippen MR) is 143 cm³/mol. The number of carbonyl (C=O) groups is 2. The lowest BCUT2D eigenvalue weighted by atomic mass is 10.1. The molecule has 3 aromatic rings. The van der Waals surface area contributed by atoms with Gasteiger partial charge in [-0.3, -0.25) is 4.79 Å². The molecule has 0 bridgehead atoms. The van der Waals surface area contributed by atoms with Crippen LogP contribution in [0.15, 0.2) is 66.4 Å². The molecule has 0 aromatic heterocycles. The van der Waals surface area contributed by atoms with E-state index in [9.17, 15) is 9.59 Å². The van der Waals surface area contributed by atoms with E-state index in [1.807, 2.05) is 36.4 Å². The number of hydrogen-bond acceptors (Lipinski definition) is 3. The molecule has 1 N–H and O–H groups in total. The third-order valence-corrected chi connectivity index (χ3v) is 6.70. The molecule has 0 radical (unpaired) electrons. The SMILES string of the molecule is O=C1N/C(=C/c2cc(I)c(OCc3ccc(Cl)cc3)c(I)c2)C(=O)N1c1ccc(Cl)cc1. The molecule has 0 atom stereocenters. The lowest BCUT2D eigenvalue weighted by molar-refractivity contribution is -0.113. The van der Waals surface area contributed by atoms with Crippen LogP contribution in [0, 0.1) is 7.14 Å². The molecule has 5 nitrogen and oxygen atoms in total. The normalized spacial score (nSPS) is 14.8. The van der Waals surface area contributed by atoms with Gasteiger partial charge in [-0.05, 0) is 111 Å². The number of nitrogens with zero attached hydrogens (tertiary/aromatic N) is 1. The monoisotopic (exact) mass is 690 g/mol. The van der Waals surface area contributed by atoms with Crippen LogP contribution in [0.2, 0.25) is 10.0 Å². The van der Waals surface area contributed by atoms with Crippen LogP contribution < -0.4 is 15.0 Å². The average molecular weight is 691 g/mol. The molecule has 1 aliphatic heterocycles. The Morgan fingerprint density at radius 1 is 0.906 bits per heavy atom. The molecule has 4 rings (SSSR count). The zero-order valence-electron chi connectivity index (χ0n) is 16.2. The first-order chi connectivity index (χ1) is 15.3. The molecule has 0 spiro atoms. The van der Waals surface area contributed by atoms with Gasteiger partial charge in [0.25, 0.3) is 5.91 Å². The molecular weight excluding hydrogens is 677 g/mol. The summed E-state index contributed by atoms with van der Waals surface area (Å²) in [5.41, 5.74) is 2.44. The number of amides is 3. The molecule has 3 aromatic carbocycles. The number of halogens is 4. The third-order valence-electron chi connectivity index (χ3n) is 4.59.